The van der Waals surface area contributed by atoms with Crippen LogP contribution in [0.5, 0.6) is 0 Å². The van der Waals surface area contributed by atoms with Crippen LogP contribution < -0.4 is 0 Å². The minimum absolute atomic E-state index is 0.0678. The number of carbonyl (C=O) groups excluding carboxylic acids is 1. The van der Waals surface area contributed by atoms with E-state index in [4.69, 9.17) is 4.74 Å². The predicted molar refractivity (Wildman–Crippen MR) is 54.8 cm³/mol. The monoisotopic (exact) mass is 186 g/mol. The zero-order chi connectivity index (χ0) is 10.7. The average molecular weight is 186 g/mol. The summed E-state index contributed by atoms with van der Waals surface area (Å²) in [5.74, 6) is 0.183. The molecule has 0 saturated heterocycles. The Morgan fingerprint density at radius 3 is 1.85 bits per heavy atom. The highest BCUT2D eigenvalue weighted by atomic mass is 16.5. The lowest BCUT2D eigenvalue weighted by Gasteiger charge is -2.21. The number of hydrogen-bond donors (Lipinski definition) is 0. The topological polar surface area (TPSA) is 26.3 Å². The number of ketones is 1. The first-order valence-electron chi connectivity index (χ1n) is 4.76. The Hall–Kier alpha value is -0.370. The molecule has 0 aliphatic heterocycles. The van der Waals surface area contributed by atoms with Crippen molar-refractivity contribution in [3.8, 4) is 0 Å². The van der Waals surface area contributed by atoms with Crippen LogP contribution in [-0.4, -0.2) is 18.0 Å². The molecule has 0 aromatic heterocycles. The Kier molecular flexibility index (Phi) is 4.11. The van der Waals surface area contributed by atoms with E-state index in [0.717, 1.165) is 0 Å². The maximum Gasteiger partial charge on any atom is 0.159 e. The van der Waals surface area contributed by atoms with Gasteiger partial charge in [0, 0.05) is 6.42 Å². The van der Waals surface area contributed by atoms with Gasteiger partial charge in [0.25, 0.3) is 0 Å². The molecule has 0 bridgehead atoms. The lowest BCUT2D eigenvalue weighted by Crippen LogP contribution is -2.25. The molecule has 0 aliphatic carbocycles. The number of ether oxygens (including phenoxy) is 1. The van der Waals surface area contributed by atoms with Crippen molar-refractivity contribution in [2.75, 3.05) is 6.61 Å². The Morgan fingerprint density at radius 2 is 1.54 bits per heavy atom. The van der Waals surface area contributed by atoms with E-state index in [1.54, 1.807) is 0 Å². The molecule has 2 heteroatoms. The minimum Gasteiger partial charge on any atom is -0.368 e. The molecular weight excluding hydrogens is 164 g/mol. The molecule has 0 spiro atoms. The highest BCUT2D eigenvalue weighted by Gasteiger charge is 2.18. The van der Waals surface area contributed by atoms with Crippen molar-refractivity contribution < 1.29 is 9.53 Å². The van der Waals surface area contributed by atoms with Gasteiger partial charge in [-0.1, -0.05) is 20.8 Å². The molecule has 0 amide bonds. The molecule has 0 unspecified atom stereocenters. The van der Waals surface area contributed by atoms with Crippen molar-refractivity contribution in [2.24, 2.45) is 5.41 Å². The van der Waals surface area contributed by atoms with Crippen LogP contribution in [0.2, 0.25) is 0 Å². The molecule has 0 fully saturated rings. The van der Waals surface area contributed by atoms with Gasteiger partial charge < -0.3 is 4.74 Å². The van der Waals surface area contributed by atoms with E-state index in [0.29, 0.717) is 6.42 Å². The molecule has 0 aromatic rings. The minimum atomic E-state index is -0.215. The second-order valence-electron chi connectivity index (χ2n) is 5.68. The first kappa shape index (κ1) is 12.6. The molecule has 13 heavy (non-hydrogen) atoms. The van der Waals surface area contributed by atoms with Crippen LogP contribution in [-0.2, 0) is 9.53 Å². The van der Waals surface area contributed by atoms with E-state index in [1.165, 1.54) is 0 Å². The van der Waals surface area contributed by atoms with Gasteiger partial charge in [0.05, 0.1) is 5.60 Å². The highest BCUT2D eigenvalue weighted by Crippen LogP contribution is 2.19. The lowest BCUT2D eigenvalue weighted by atomic mass is 9.90. The SMILES string of the molecule is CC(C)(C)CC(=O)COC(C)(C)C. The first-order valence-corrected chi connectivity index (χ1v) is 4.76. The normalized spacial score (nSPS) is 13.1. The number of Topliss-reactive ketones (excluding diaryl/α,β-unsaturated/α-hetero) is 1. The van der Waals surface area contributed by atoms with E-state index >= 15 is 0 Å². The average Bonchev–Trinajstić information content (AvgIpc) is 1.78. The van der Waals surface area contributed by atoms with Crippen molar-refractivity contribution in [1.82, 2.24) is 0 Å². The fourth-order valence-corrected chi connectivity index (χ4v) is 0.940. The number of hydrogen-bond acceptors (Lipinski definition) is 2. The summed E-state index contributed by atoms with van der Waals surface area (Å²) in [6.07, 6.45) is 0.586. The van der Waals surface area contributed by atoms with Gasteiger partial charge in [-0.05, 0) is 26.2 Å². The van der Waals surface area contributed by atoms with Gasteiger partial charge in [0.15, 0.2) is 5.78 Å². The molecule has 0 heterocycles. The van der Waals surface area contributed by atoms with Crippen LogP contribution in [0.4, 0.5) is 0 Å². The third kappa shape index (κ3) is 9.54. The second kappa shape index (κ2) is 4.23. The molecule has 0 aliphatic rings. The number of carbonyl (C=O) groups is 1. The van der Waals surface area contributed by atoms with Crippen molar-refractivity contribution >= 4 is 5.78 Å². The lowest BCUT2D eigenvalue weighted by molar-refractivity contribution is -0.130. The van der Waals surface area contributed by atoms with Gasteiger partial charge in [-0.25, -0.2) is 0 Å². The van der Waals surface area contributed by atoms with Crippen LogP contribution in [0.3, 0.4) is 0 Å². The largest absolute Gasteiger partial charge is 0.368 e. The van der Waals surface area contributed by atoms with Crippen LogP contribution in [0, 0.1) is 5.41 Å². The fraction of sp³-hybridized carbons (Fsp3) is 0.909. The summed E-state index contributed by atoms with van der Waals surface area (Å²) in [5.41, 5.74) is -0.147. The van der Waals surface area contributed by atoms with Gasteiger partial charge in [0.1, 0.15) is 6.61 Å². The third-order valence-electron chi connectivity index (χ3n) is 1.39. The van der Waals surface area contributed by atoms with Crippen LogP contribution >= 0.6 is 0 Å². The van der Waals surface area contributed by atoms with Gasteiger partial charge in [-0.15, -0.1) is 0 Å². The summed E-state index contributed by atoms with van der Waals surface area (Å²) in [7, 11) is 0. The fourth-order valence-electron chi connectivity index (χ4n) is 0.940. The smallest absolute Gasteiger partial charge is 0.159 e. The molecule has 78 valence electrons. The van der Waals surface area contributed by atoms with Crippen molar-refractivity contribution in [3.63, 3.8) is 0 Å². The maximum absolute atomic E-state index is 11.4. The summed E-state index contributed by atoms with van der Waals surface area (Å²) in [4.78, 5) is 11.4. The van der Waals surface area contributed by atoms with Crippen LogP contribution in [0.25, 0.3) is 0 Å². The molecular formula is C11H22O2. The summed E-state index contributed by atoms with van der Waals surface area (Å²) in [6, 6.07) is 0. The molecule has 0 rings (SSSR count). The van der Waals surface area contributed by atoms with Crippen molar-refractivity contribution in [2.45, 2.75) is 53.6 Å². The van der Waals surface area contributed by atoms with Gasteiger partial charge >= 0.3 is 0 Å². The Labute approximate surface area is 81.7 Å². The van der Waals surface area contributed by atoms with Crippen molar-refractivity contribution in [3.05, 3.63) is 0 Å². The van der Waals surface area contributed by atoms with Crippen LogP contribution in [0.15, 0.2) is 0 Å². The van der Waals surface area contributed by atoms with Crippen LogP contribution in [0.1, 0.15) is 48.0 Å². The zero-order valence-corrected chi connectivity index (χ0v) is 9.73. The predicted octanol–water partition coefficient (Wildman–Crippen LogP) is 2.81. The van der Waals surface area contributed by atoms with E-state index in [2.05, 4.69) is 20.8 Å². The molecule has 0 aromatic carbocycles. The molecule has 2 nitrogen and oxygen atoms in total. The molecule has 0 atom stereocenters. The van der Waals surface area contributed by atoms with Gasteiger partial charge in [-0.2, -0.15) is 0 Å². The van der Waals surface area contributed by atoms with E-state index in [-0.39, 0.29) is 23.4 Å². The molecule has 0 N–H and O–H groups in total. The second-order valence-corrected chi connectivity index (χ2v) is 5.68. The van der Waals surface area contributed by atoms with E-state index in [9.17, 15) is 4.79 Å². The molecule has 0 radical (unpaired) electrons. The van der Waals surface area contributed by atoms with E-state index < -0.39 is 0 Å². The third-order valence-corrected chi connectivity index (χ3v) is 1.39. The Morgan fingerprint density at radius 1 is 1.08 bits per heavy atom. The van der Waals surface area contributed by atoms with Gasteiger partial charge in [0.2, 0.25) is 0 Å². The van der Waals surface area contributed by atoms with Crippen molar-refractivity contribution in [1.29, 1.82) is 0 Å². The quantitative estimate of drug-likeness (QED) is 0.677. The highest BCUT2D eigenvalue weighted by molar-refractivity contribution is 5.80. The Bertz CT molecular complexity index is 170. The summed E-state index contributed by atoms with van der Waals surface area (Å²) in [6.45, 7) is 12.3. The van der Waals surface area contributed by atoms with E-state index in [1.807, 2.05) is 20.8 Å². The Balaban J connectivity index is 3.78. The molecule has 0 saturated carbocycles. The maximum atomic E-state index is 11.4. The van der Waals surface area contributed by atoms with Gasteiger partial charge in [-0.3, -0.25) is 4.79 Å². The number of rotatable bonds is 3. The standard InChI is InChI=1S/C11H22O2/c1-10(2,3)7-9(12)8-13-11(4,5)6/h7-8H2,1-6H3. The first-order chi connectivity index (χ1) is 5.60. The summed E-state index contributed by atoms with van der Waals surface area (Å²) >= 11 is 0. The summed E-state index contributed by atoms with van der Waals surface area (Å²) < 4.78 is 5.39. The summed E-state index contributed by atoms with van der Waals surface area (Å²) in [5, 5.41) is 0. The zero-order valence-electron chi connectivity index (χ0n) is 9.73.